The van der Waals surface area contributed by atoms with Crippen LogP contribution in [0, 0.1) is 0 Å². The average molecular weight is 479 g/mol. The summed E-state index contributed by atoms with van der Waals surface area (Å²) < 4.78 is 11.1. The number of nitrogens with zero attached hydrogens (tertiary/aromatic N) is 2. The van der Waals surface area contributed by atoms with Crippen LogP contribution < -0.4 is 9.47 Å². The van der Waals surface area contributed by atoms with Gasteiger partial charge in [-0.05, 0) is 62.0 Å². The summed E-state index contributed by atoms with van der Waals surface area (Å²) in [5.41, 5.74) is 1.26. The van der Waals surface area contributed by atoms with E-state index in [-0.39, 0.29) is 11.3 Å². The third-order valence-electron chi connectivity index (χ3n) is 6.09. The smallest absolute Gasteiger partial charge is 0.295 e. The maximum Gasteiger partial charge on any atom is 0.295 e. The Bertz CT molecular complexity index is 1060. The molecule has 7 nitrogen and oxygen atoms in total. The van der Waals surface area contributed by atoms with Gasteiger partial charge in [-0.15, -0.1) is 0 Å². The molecule has 0 unspecified atom stereocenters. The van der Waals surface area contributed by atoms with Crippen LogP contribution in [0.2, 0.25) is 0 Å². The molecule has 0 spiro atoms. The van der Waals surface area contributed by atoms with Gasteiger partial charge >= 0.3 is 0 Å². The van der Waals surface area contributed by atoms with Crippen molar-refractivity contribution >= 4 is 17.4 Å². The Hall–Kier alpha value is -3.58. The van der Waals surface area contributed by atoms with Crippen LogP contribution in [-0.4, -0.2) is 66.0 Å². The van der Waals surface area contributed by atoms with Crippen molar-refractivity contribution in [1.29, 1.82) is 0 Å². The summed E-state index contributed by atoms with van der Waals surface area (Å²) in [6.07, 6.45) is 1.64. The zero-order valence-electron chi connectivity index (χ0n) is 20.7. The molecule has 0 radical (unpaired) electrons. The van der Waals surface area contributed by atoms with Crippen molar-refractivity contribution in [3.63, 3.8) is 0 Å². The Balaban J connectivity index is 2.03. The highest BCUT2D eigenvalue weighted by atomic mass is 16.5. The van der Waals surface area contributed by atoms with Crippen LogP contribution in [-0.2, 0) is 9.59 Å². The van der Waals surface area contributed by atoms with E-state index in [1.807, 2.05) is 31.2 Å². The molecule has 1 saturated heterocycles. The Morgan fingerprint density at radius 3 is 2.17 bits per heavy atom. The Morgan fingerprint density at radius 2 is 1.60 bits per heavy atom. The summed E-state index contributed by atoms with van der Waals surface area (Å²) in [4.78, 5) is 30.1. The van der Waals surface area contributed by atoms with Crippen molar-refractivity contribution < 1.29 is 24.2 Å². The predicted octanol–water partition coefficient (Wildman–Crippen LogP) is 4.41. The molecule has 1 aliphatic rings. The highest BCUT2D eigenvalue weighted by Gasteiger charge is 2.45. The first kappa shape index (κ1) is 26.0. The number of amides is 1. The van der Waals surface area contributed by atoms with E-state index in [4.69, 9.17) is 9.47 Å². The third kappa shape index (κ3) is 5.92. The molecule has 35 heavy (non-hydrogen) atoms. The number of hydrogen-bond acceptors (Lipinski definition) is 6. The van der Waals surface area contributed by atoms with E-state index in [1.54, 1.807) is 35.2 Å². The number of ether oxygens (including phenoxy) is 2. The Morgan fingerprint density at radius 1 is 1.00 bits per heavy atom. The molecule has 1 amide bonds. The summed E-state index contributed by atoms with van der Waals surface area (Å²) >= 11 is 0. The summed E-state index contributed by atoms with van der Waals surface area (Å²) in [5.74, 6) is -0.185. The molecule has 1 fully saturated rings. The van der Waals surface area contributed by atoms with Crippen LogP contribution in [0.25, 0.3) is 5.76 Å². The molecule has 0 aliphatic carbocycles. The SMILES string of the molecule is C=CCOc1ccc(C(O)=C2C(=O)C(=O)N(CCN(CC)CC)[C@@H]2c2ccc(OCC)cc2)cc1. The van der Waals surface area contributed by atoms with Gasteiger partial charge in [-0.25, -0.2) is 0 Å². The van der Waals surface area contributed by atoms with Crippen molar-refractivity contribution in [2.75, 3.05) is 39.4 Å². The van der Waals surface area contributed by atoms with Crippen LogP contribution in [0.15, 0.2) is 66.8 Å². The summed E-state index contributed by atoms with van der Waals surface area (Å²) in [6.45, 7) is 13.2. The lowest BCUT2D eigenvalue weighted by atomic mass is 9.95. The molecular weight excluding hydrogens is 444 g/mol. The zero-order valence-corrected chi connectivity index (χ0v) is 20.7. The summed E-state index contributed by atoms with van der Waals surface area (Å²) in [5, 5.41) is 11.2. The highest BCUT2D eigenvalue weighted by Crippen LogP contribution is 2.39. The molecule has 0 aromatic heterocycles. The minimum absolute atomic E-state index is 0.0819. The van der Waals surface area contributed by atoms with E-state index in [0.29, 0.717) is 43.4 Å². The first-order chi connectivity index (χ1) is 16.9. The molecule has 2 aromatic carbocycles. The molecule has 1 heterocycles. The van der Waals surface area contributed by atoms with E-state index in [0.717, 1.165) is 18.7 Å². The fourth-order valence-corrected chi connectivity index (χ4v) is 4.18. The largest absolute Gasteiger partial charge is 0.507 e. The van der Waals surface area contributed by atoms with Gasteiger partial charge in [0.05, 0.1) is 18.2 Å². The standard InChI is InChI=1S/C28H34N2O5/c1-5-19-35-23-15-11-21(12-16-23)26(31)24-25(20-9-13-22(14-10-20)34-8-4)30(28(33)27(24)32)18-17-29(6-2)7-3/h5,9-16,25,31H,1,6-8,17-19H2,2-4H3/t25-/m1/s1. The highest BCUT2D eigenvalue weighted by molar-refractivity contribution is 6.46. The summed E-state index contributed by atoms with van der Waals surface area (Å²) in [7, 11) is 0. The number of aliphatic hydroxyl groups is 1. The number of rotatable bonds is 12. The lowest BCUT2D eigenvalue weighted by molar-refractivity contribution is -0.140. The average Bonchev–Trinajstić information content (AvgIpc) is 3.13. The molecule has 1 aliphatic heterocycles. The molecule has 3 rings (SSSR count). The second-order valence-corrected chi connectivity index (χ2v) is 8.15. The Labute approximate surface area is 207 Å². The van der Waals surface area contributed by atoms with Gasteiger partial charge < -0.3 is 24.4 Å². The van der Waals surface area contributed by atoms with Crippen LogP contribution in [0.1, 0.15) is 37.9 Å². The van der Waals surface area contributed by atoms with E-state index >= 15 is 0 Å². The molecule has 0 saturated carbocycles. The quantitative estimate of drug-likeness (QED) is 0.211. The van der Waals surface area contributed by atoms with Gasteiger partial charge in [0.15, 0.2) is 0 Å². The second-order valence-electron chi connectivity index (χ2n) is 8.15. The van der Waals surface area contributed by atoms with Crippen LogP contribution in [0.4, 0.5) is 0 Å². The van der Waals surface area contributed by atoms with Crippen molar-refractivity contribution in [3.8, 4) is 11.5 Å². The van der Waals surface area contributed by atoms with Crippen molar-refractivity contribution in [1.82, 2.24) is 9.80 Å². The first-order valence-corrected chi connectivity index (χ1v) is 12.0. The van der Waals surface area contributed by atoms with E-state index in [2.05, 4.69) is 25.3 Å². The van der Waals surface area contributed by atoms with Gasteiger partial charge in [0.2, 0.25) is 0 Å². The fraction of sp³-hybridized carbons (Fsp3) is 0.357. The number of likely N-dealkylation sites (N-methyl/N-ethyl adjacent to an activating group) is 1. The van der Waals surface area contributed by atoms with E-state index in [1.165, 1.54) is 0 Å². The minimum Gasteiger partial charge on any atom is -0.507 e. The zero-order chi connectivity index (χ0) is 25.4. The van der Waals surface area contributed by atoms with Crippen molar-refractivity contribution in [2.24, 2.45) is 0 Å². The summed E-state index contributed by atoms with van der Waals surface area (Å²) in [6, 6.07) is 13.4. The number of benzene rings is 2. The molecule has 7 heteroatoms. The normalized spacial score (nSPS) is 17.1. The van der Waals surface area contributed by atoms with Crippen LogP contribution in [0.5, 0.6) is 11.5 Å². The predicted molar refractivity (Wildman–Crippen MR) is 137 cm³/mol. The first-order valence-electron chi connectivity index (χ1n) is 12.0. The number of carbonyl (C=O) groups excluding carboxylic acids is 2. The minimum atomic E-state index is -0.696. The van der Waals surface area contributed by atoms with Crippen LogP contribution in [0.3, 0.4) is 0 Å². The molecule has 2 aromatic rings. The van der Waals surface area contributed by atoms with Gasteiger partial charge in [0, 0.05) is 18.7 Å². The second kappa shape index (κ2) is 12.2. The van der Waals surface area contributed by atoms with Gasteiger partial charge in [-0.2, -0.15) is 0 Å². The monoisotopic (exact) mass is 478 g/mol. The van der Waals surface area contributed by atoms with Crippen molar-refractivity contribution in [2.45, 2.75) is 26.8 Å². The number of carbonyl (C=O) groups is 2. The molecule has 0 bridgehead atoms. The number of likely N-dealkylation sites (tertiary alicyclic amines) is 1. The number of aliphatic hydroxyl groups excluding tert-OH is 1. The molecular formula is C28H34N2O5. The maximum atomic E-state index is 13.2. The molecule has 1 atom stereocenters. The van der Waals surface area contributed by atoms with Crippen molar-refractivity contribution in [3.05, 3.63) is 77.9 Å². The van der Waals surface area contributed by atoms with E-state index < -0.39 is 17.7 Å². The maximum absolute atomic E-state index is 13.2. The van der Waals surface area contributed by atoms with Gasteiger partial charge in [-0.1, -0.05) is 38.6 Å². The fourth-order valence-electron chi connectivity index (χ4n) is 4.18. The lowest BCUT2D eigenvalue weighted by Crippen LogP contribution is -2.38. The van der Waals surface area contributed by atoms with Crippen LogP contribution >= 0.6 is 0 Å². The third-order valence-corrected chi connectivity index (χ3v) is 6.09. The van der Waals surface area contributed by atoms with E-state index in [9.17, 15) is 14.7 Å². The molecule has 186 valence electrons. The van der Waals surface area contributed by atoms with Gasteiger partial charge in [0.1, 0.15) is 23.9 Å². The topological polar surface area (TPSA) is 79.3 Å². The number of Topliss-reactive ketones (excluding diaryl/α,β-unsaturated/α-hetero) is 1. The Kier molecular flexibility index (Phi) is 9.09. The lowest BCUT2D eigenvalue weighted by Gasteiger charge is -2.28. The van der Waals surface area contributed by atoms with Gasteiger partial charge in [0.25, 0.3) is 11.7 Å². The number of hydrogen-bond donors (Lipinski definition) is 1. The number of ketones is 1. The molecule has 1 N–H and O–H groups in total. The van der Waals surface area contributed by atoms with Gasteiger partial charge in [-0.3, -0.25) is 9.59 Å².